The summed E-state index contributed by atoms with van der Waals surface area (Å²) in [5, 5.41) is 3.62. The molecular formula is C22H27NO2. The van der Waals surface area contributed by atoms with Crippen LogP contribution >= 0.6 is 0 Å². The number of esters is 1. The molecule has 1 N–H and O–H groups in total. The molecular weight excluding hydrogens is 310 g/mol. The summed E-state index contributed by atoms with van der Waals surface area (Å²) in [5.41, 5.74) is 5.15. The van der Waals surface area contributed by atoms with E-state index in [1.165, 1.54) is 29.5 Å². The first-order valence-electron chi connectivity index (χ1n) is 9.13. The number of anilines is 1. The quantitative estimate of drug-likeness (QED) is 0.776. The molecule has 3 rings (SSSR count). The van der Waals surface area contributed by atoms with Gasteiger partial charge in [0.05, 0.1) is 13.0 Å². The van der Waals surface area contributed by atoms with E-state index in [0.29, 0.717) is 5.92 Å². The van der Waals surface area contributed by atoms with Crippen molar-refractivity contribution >= 4 is 11.7 Å². The molecule has 132 valence electrons. The first-order valence-corrected chi connectivity index (χ1v) is 9.13. The molecule has 0 spiro atoms. The molecule has 0 amide bonds. The predicted molar refractivity (Wildman–Crippen MR) is 102 cm³/mol. The number of nitrogens with one attached hydrogen (secondary N) is 1. The second-order valence-corrected chi connectivity index (χ2v) is 7.00. The predicted octanol–water partition coefficient (Wildman–Crippen LogP) is 5.05. The smallest absolute Gasteiger partial charge is 0.308 e. The molecule has 1 aliphatic rings. The molecule has 0 aromatic heterocycles. The van der Waals surface area contributed by atoms with Crippen molar-refractivity contribution in [3.05, 3.63) is 65.2 Å². The number of benzene rings is 2. The second kappa shape index (κ2) is 8.19. The van der Waals surface area contributed by atoms with Gasteiger partial charge in [0, 0.05) is 12.2 Å². The molecule has 3 nitrogen and oxygen atoms in total. The Balaban J connectivity index is 1.70. The van der Waals surface area contributed by atoms with Crippen LogP contribution in [-0.4, -0.2) is 13.1 Å². The molecule has 0 unspecified atom stereocenters. The SMILES string of the molecule is COC(=O)[C@H]1CC[C@H](c2ccc(C)cc2NCc2ccccc2)CC1. The molecule has 25 heavy (non-hydrogen) atoms. The minimum atomic E-state index is -0.0511. The summed E-state index contributed by atoms with van der Waals surface area (Å²) < 4.78 is 4.91. The van der Waals surface area contributed by atoms with E-state index in [-0.39, 0.29) is 11.9 Å². The average Bonchev–Trinajstić information content (AvgIpc) is 2.67. The third kappa shape index (κ3) is 4.41. The normalized spacial score (nSPS) is 20.1. The highest BCUT2D eigenvalue weighted by Gasteiger charge is 2.28. The Hall–Kier alpha value is -2.29. The lowest BCUT2D eigenvalue weighted by Gasteiger charge is -2.29. The molecule has 0 radical (unpaired) electrons. The van der Waals surface area contributed by atoms with E-state index in [9.17, 15) is 4.79 Å². The number of hydrogen-bond donors (Lipinski definition) is 1. The third-order valence-electron chi connectivity index (χ3n) is 5.24. The highest BCUT2D eigenvalue weighted by atomic mass is 16.5. The van der Waals surface area contributed by atoms with Gasteiger partial charge < -0.3 is 10.1 Å². The van der Waals surface area contributed by atoms with Gasteiger partial charge in [0.15, 0.2) is 0 Å². The van der Waals surface area contributed by atoms with Gasteiger partial charge in [-0.15, -0.1) is 0 Å². The van der Waals surface area contributed by atoms with Gasteiger partial charge >= 0.3 is 5.97 Å². The van der Waals surface area contributed by atoms with E-state index < -0.39 is 0 Å². The second-order valence-electron chi connectivity index (χ2n) is 7.00. The summed E-state index contributed by atoms with van der Waals surface area (Å²) >= 11 is 0. The molecule has 0 bridgehead atoms. The van der Waals surface area contributed by atoms with E-state index in [0.717, 1.165) is 32.2 Å². The Bertz CT molecular complexity index is 703. The molecule has 2 aromatic rings. The summed E-state index contributed by atoms with van der Waals surface area (Å²) in [6.45, 7) is 2.96. The van der Waals surface area contributed by atoms with E-state index in [2.05, 4.69) is 54.7 Å². The Morgan fingerprint density at radius 1 is 1.08 bits per heavy atom. The van der Waals surface area contributed by atoms with Crippen LogP contribution in [0.3, 0.4) is 0 Å². The average molecular weight is 337 g/mol. The van der Waals surface area contributed by atoms with Crippen molar-refractivity contribution in [1.82, 2.24) is 0 Å². The van der Waals surface area contributed by atoms with Crippen LogP contribution < -0.4 is 5.32 Å². The lowest BCUT2D eigenvalue weighted by molar-refractivity contribution is -0.146. The third-order valence-corrected chi connectivity index (χ3v) is 5.24. The first kappa shape index (κ1) is 17.5. The van der Waals surface area contributed by atoms with E-state index in [4.69, 9.17) is 4.74 Å². The van der Waals surface area contributed by atoms with Crippen LogP contribution in [0, 0.1) is 12.8 Å². The highest BCUT2D eigenvalue weighted by Crippen LogP contribution is 2.39. The number of hydrogen-bond acceptors (Lipinski definition) is 3. The first-order chi connectivity index (χ1) is 12.2. The summed E-state index contributed by atoms with van der Waals surface area (Å²) in [6, 6.07) is 17.2. The van der Waals surface area contributed by atoms with Gasteiger partial charge in [-0.2, -0.15) is 0 Å². The maximum absolute atomic E-state index is 11.7. The molecule has 0 heterocycles. The molecule has 3 heteroatoms. The topological polar surface area (TPSA) is 38.3 Å². The zero-order valence-electron chi connectivity index (χ0n) is 15.1. The fourth-order valence-corrected chi connectivity index (χ4v) is 3.78. The minimum Gasteiger partial charge on any atom is -0.469 e. The minimum absolute atomic E-state index is 0.0511. The molecule has 0 saturated heterocycles. The van der Waals surface area contributed by atoms with Crippen molar-refractivity contribution in [2.75, 3.05) is 12.4 Å². The van der Waals surface area contributed by atoms with Crippen LogP contribution in [0.25, 0.3) is 0 Å². The molecule has 0 atom stereocenters. The van der Waals surface area contributed by atoms with Gasteiger partial charge in [0.25, 0.3) is 0 Å². The lowest BCUT2D eigenvalue weighted by atomic mass is 9.78. The van der Waals surface area contributed by atoms with Gasteiger partial charge in [-0.1, -0.05) is 42.5 Å². The highest BCUT2D eigenvalue weighted by molar-refractivity contribution is 5.72. The van der Waals surface area contributed by atoms with E-state index in [1.807, 2.05) is 6.07 Å². The molecule has 1 aliphatic carbocycles. The lowest BCUT2D eigenvalue weighted by Crippen LogP contribution is -2.22. The Labute approximate surface area is 150 Å². The maximum atomic E-state index is 11.7. The number of rotatable bonds is 5. The van der Waals surface area contributed by atoms with Crippen molar-refractivity contribution < 1.29 is 9.53 Å². The van der Waals surface area contributed by atoms with E-state index in [1.54, 1.807) is 0 Å². The van der Waals surface area contributed by atoms with Crippen LogP contribution in [0.2, 0.25) is 0 Å². The molecule has 0 aliphatic heterocycles. The maximum Gasteiger partial charge on any atom is 0.308 e. The standard InChI is InChI=1S/C22H27NO2/c1-16-8-13-20(18-9-11-19(12-10-18)22(24)25-2)21(14-16)23-15-17-6-4-3-5-7-17/h3-8,13-14,18-19,23H,9-12,15H2,1-2H3/t18-,19-. The largest absolute Gasteiger partial charge is 0.469 e. The van der Waals surface area contributed by atoms with Gasteiger partial charge in [-0.05, 0) is 61.3 Å². The number of carbonyl (C=O) groups excluding carboxylic acids is 1. The monoisotopic (exact) mass is 337 g/mol. The fraction of sp³-hybridized carbons (Fsp3) is 0.409. The number of methoxy groups -OCH3 is 1. The van der Waals surface area contributed by atoms with Crippen LogP contribution in [0.5, 0.6) is 0 Å². The number of aryl methyl sites for hydroxylation is 1. The van der Waals surface area contributed by atoms with Crippen LogP contribution in [0.15, 0.2) is 48.5 Å². The zero-order chi connectivity index (χ0) is 17.6. The Kier molecular flexibility index (Phi) is 5.75. The molecule has 1 saturated carbocycles. The van der Waals surface area contributed by atoms with Crippen molar-refractivity contribution in [1.29, 1.82) is 0 Å². The van der Waals surface area contributed by atoms with Crippen molar-refractivity contribution in [3.8, 4) is 0 Å². The Morgan fingerprint density at radius 2 is 1.80 bits per heavy atom. The number of carbonyl (C=O) groups is 1. The Morgan fingerprint density at radius 3 is 2.48 bits per heavy atom. The van der Waals surface area contributed by atoms with Crippen LogP contribution in [0.1, 0.15) is 48.3 Å². The van der Waals surface area contributed by atoms with Gasteiger partial charge in [-0.3, -0.25) is 4.79 Å². The van der Waals surface area contributed by atoms with Crippen LogP contribution in [-0.2, 0) is 16.1 Å². The van der Waals surface area contributed by atoms with Gasteiger partial charge in [0.1, 0.15) is 0 Å². The summed E-state index contributed by atoms with van der Waals surface area (Å²) in [5.74, 6) is 0.539. The van der Waals surface area contributed by atoms with E-state index >= 15 is 0 Å². The van der Waals surface area contributed by atoms with Crippen LogP contribution in [0.4, 0.5) is 5.69 Å². The summed E-state index contributed by atoms with van der Waals surface area (Å²) in [4.78, 5) is 11.7. The van der Waals surface area contributed by atoms with Gasteiger partial charge in [-0.25, -0.2) is 0 Å². The summed E-state index contributed by atoms with van der Waals surface area (Å²) in [7, 11) is 1.49. The molecule has 1 fully saturated rings. The van der Waals surface area contributed by atoms with Gasteiger partial charge in [0.2, 0.25) is 0 Å². The zero-order valence-corrected chi connectivity index (χ0v) is 15.1. The summed E-state index contributed by atoms with van der Waals surface area (Å²) in [6.07, 6.45) is 3.93. The van der Waals surface area contributed by atoms with Crippen molar-refractivity contribution in [2.45, 2.75) is 45.1 Å². The van der Waals surface area contributed by atoms with Crippen molar-refractivity contribution in [3.63, 3.8) is 0 Å². The van der Waals surface area contributed by atoms with Crippen molar-refractivity contribution in [2.24, 2.45) is 5.92 Å². The molecule has 2 aromatic carbocycles. The fourth-order valence-electron chi connectivity index (χ4n) is 3.78. The number of ether oxygens (including phenoxy) is 1.